The summed E-state index contributed by atoms with van der Waals surface area (Å²) >= 11 is 0. The zero-order chi connectivity index (χ0) is 15.2. The normalized spacial score (nSPS) is 18.3. The van der Waals surface area contributed by atoms with Gasteiger partial charge in [-0.3, -0.25) is 14.7 Å². The van der Waals surface area contributed by atoms with Crippen LogP contribution >= 0.6 is 0 Å². The quantitative estimate of drug-likeness (QED) is 0.920. The first kappa shape index (κ1) is 14.7. The molecular weight excluding hydrogens is 274 g/mol. The van der Waals surface area contributed by atoms with Crippen LogP contribution in [-0.2, 0) is 17.9 Å². The van der Waals surface area contributed by atoms with Crippen molar-refractivity contribution in [3.8, 4) is 0 Å². The molecule has 1 aliphatic heterocycles. The largest absolute Gasteiger partial charge is 0.352 e. The van der Waals surface area contributed by atoms with Crippen molar-refractivity contribution in [1.29, 1.82) is 0 Å². The van der Waals surface area contributed by atoms with Crippen LogP contribution in [-0.4, -0.2) is 28.9 Å². The lowest BCUT2D eigenvalue weighted by atomic mass is 10.1. The molecule has 1 saturated heterocycles. The number of aromatic nitrogens is 1. The molecule has 1 N–H and O–H groups in total. The minimum atomic E-state index is 0.0976. The summed E-state index contributed by atoms with van der Waals surface area (Å²) in [6.45, 7) is 3.31. The van der Waals surface area contributed by atoms with Crippen LogP contribution in [0.3, 0.4) is 0 Å². The van der Waals surface area contributed by atoms with Crippen LogP contribution < -0.4 is 5.32 Å². The molecule has 0 saturated carbocycles. The topological polar surface area (TPSA) is 45.2 Å². The number of likely N-dealkylation sites (tertiary alicyclic amines) is 1. The summed E-state index contributed by atoms with van der Waals surface area (Å²) in [7, 11) is 0. The molecule has 4 heteroatoms. The summed E-state index contributed by atoms with van der Waals surface area (Å²) in [5.41, 5.74) is 2.34. The molecule has 4 nitrogen and oxygen atoms in total. The van der Waals surface area contributed by atoms with Crippen LogP contribution in [0.25, 0.3) is 0 Å². The van der Waals surface area contributed by atoms with Gasteiger partial charge in [0.25, 0.3) is 0 Å². The highest BCUT2D eigenvalue weighted by atomic mass is 16.1. The van der Waals surface area contributed by atoms with Gasteiger partial charge in [-0.25, -0.2) is 0 Å². The van der Waals surface area contributed by atoms with Crippen LogP contribution in [0.5, 0.6) is 0 Å². The molecule has 1 fully saturated rings. The van der Waals surface area contributed by atoms with E-state index in [4.69, 9.17) is 0 Å². The van der Waals surface area contributed by atoms with Gasteiger partial charge in [-0.1, -0.05) is 36.4 Å². The molecule has 22 heavy (non-hydrogen) atoms. The fourth-order valence-corrected chi connectivity index (χ4v) is 2.87. The predicted octanol–water partition coefficient (Wildman–Crippen LogP) is 2.22. The maximum atomic E-state index is 12.3. The summed E-state index contributed by atoms with van der Waals surface area (Å²) in [5, 5.41) is 3.02. The lowest BCUT2D eigenvalue weighted by molar-refractivity contribution is -0.124. The lowest BCUT2D eigenvalue weighted by Crippen LogP contribution is -2.32. The standard InChI is InChI=1S/C18H21N3O/c22-18(20-12-16-7-4-9-19-11-16)17-8-10-21(14-17)13-15-5-2-1-3-6-15/h1-7,9,11,17H,8,10,12-14H2,(H,20,22). The van der Waals surface area contributed by atoms with Gasteiger partial charge < -0.3 is 5.32 Å². The van der Waals surface area contributed by atoms with Gasteiger partial charge in [0.05, 0.1) is 5.92 Å². The second-order valence-electron chi connectivity index (χ2n) is 5.79. The Balaban J connectivity index is 1.46. The third-order valence-electron chi connectivity index (χ3n) is 4.08. The van der Waals surface area contributed by atoms with Crippen molar-refractivity contribution in [1.82, 2.24) is 15.2 Å². The van der Waals surface area contributed by atoms with E-state index in [0.29, 0.717) is 6.54 Å². The zero-order valence-corrected chi connectivity index (χ0v) is 12.6. The fraction of sp³-hybridized carbons (Fsp3) is 0.333. The number of amides is 1. The molecule has 1 unspecified atom stereocenters. The summed E-state index contributed by atoms with van der Waals surface area (Å²) in [6.07, 6.45) is 4.46. The number of hydrogen-bond acceptors (Lipinski definition) is 3. The lowest BCUT2D eigenvalue weighted by Gasteiger charge is -2.16. The fourth-order valence-electron chi connectivity index (χ4n) is 2.87. The van der Waals surface area contributed by atoms with Gasteiger partial charge in [-0.05, 0) is 30.2 Å². The van der Waals surface area contributed by atoms with Gasteiger partial charge in [0, 0.05) is 32.0 Å². The minimum absolute atomic E-state index is 0.0976. The van der Waals surface area contributed by atoms with E-state index in [1.165, 1.54) is 5.56 Å². The molecule has 3 rings (SSSR count). The highest BCUT2D eigenvalue weighted by Gasteiger charge is 2.27. The number of nitrogens with one attached hydrogen (secondary N) is 1. The van der Waals surface area contributed by atoms with E-state index >= 15 is 0 Å². The van der Waals surface area contributed by atoms with Crippen LogP contribution in [0.1, 0.15) is 17.5 Å². The maximum Gasteiger partial charge on any atom is 0.224 e. The highest BCUT2D eigenvalue weighted by Crippen LogP contribution is 2.19. The Kier molecular flexibility index (Phi) is 4.81. The molecular formula is C18H21N3O. The SMILES string of the molecule is O=C(NCc1cccnc1)C1CCN(Cc2ccccc2)C1. The van der Waals surface area contributed by atoms with Gasteiger partial charge in [0.1, 0.15) is 0 Å². The minimum Gasteiger partial charge on any atom is -0.352 e. The summed E-state index contributed by atoms with van der Waals surface area (Å²) in [5.74, 6) is 0.250. The molecule has 114 valence electrons. The van der Waals surface area contributed by atoms with Gasteiger partial charge in [-0.2, -0.15) is 0 Å². The number of nitrogens with zero attached hydrogens (tertiary/aromatic N) is 2. The third kappa shape index (κ3) is 3.92. The van der Waals surface area contributed by atoms with Crippen molar-refractivity contribution < 1.29 is 4.79 Å². The first-order valence-corrected chi connectivity index (χ1v) is 7.74. The van der Waals surface area contributed by atoms with Gasteiger partial charge in [0.15, 0.2) is 0 Å². The molecule has 0 spiro atoms. The summed E-state index contributed by atoms with van der Waals surface area (Å²) in [4.78, 5) is 18.7. The van der Waals surface area contributed by atoms with Crippen molar-refractivity contribution in [3.63, 3.8) is 0 Å². The molecule has 1 aromatic heterocycles. The van der Waals surface area contributed by atoms with E-state index in [1.54, 1.807) is 12.4 Å². The van der Waals surface area contributed by atoms with Crippen LogP contribution in [0, 0.1) is 5.92 Å². The van der Waals surface area contributed by atoms with Gasteiger partial charge in [0.2, 0.25) is 5.91 Å². The van der Waals surface area contributed by atoms with Crippen molar-refractivity contribution in [2.24, 2.45) is 5.92 Å². The van der Waals surface area contributed by atoms with Crippen LogP contribution in [0.15, 0.2) is 54.9 Å². The highest BCUT2D eigenvalue weighted by molar-refractivity contribution is 5.79. The number of carbonyl (C=O) groups is 1. The Labute approximate surface area is 131 Å². The van der Waals surface area contributed by atoms with E-state index in [-0.39, 0.29) is 11.8 Å². The smallest absolute Gasteiger partial charge is 0.224 e. The Morgan fingerprint density at radius 1 is 1.18 bits per heavy atom. The number of carbonyl (C=O) groups excluding carboxylic acids is 1. The zero-order valence-electron chi connectivity index (χ0n) is 12.6. The summed E-state index contributed by atoms with van der Waals surface area (Å²) in [6, 6.07) is 14.3. The van der Waals surface area contributed by atoms with Crippen LogP contribution in [0.2, 0.25) is 0 Å². The van der Waals surface area contributed by atoms with E-state index in [2.05, 4.69) is 39.5 Å². The number of hydrogen-bond donors (Lipinski definition) is 1. The van der Waals surface area contributed by atoms with Crippen molar-refractivity contribution >= 4 is 5.91 Å². The van der Waals surface area contributed by atoms with E-state index in [9.17, 15) is 4.79 Å². The van der Waals surface area contributed by atoms with Crippen molar-refractivity contribution in [3.05, 3.63) is 66.0 Å². The third-order valence-corrected chi connectivity index (χ3v) is 4.08. The van der Waals surface area contributed by atoms with Crippen molar-refractivity contribution in [2.45, 2.75) is 19.5 Å². The number of pyridine rings is 1. The maximum absolute atomic E-state index is 12.3. The monoisotopic (exact) mass is 295 g/mol. The Morgan fingerprint density at radius 3 is 2.77 bits per heavy atom. The Hall–Kier alpha value is -2.20. The molecule has 0 radical (unpaired) electrons. The molecule has 0 aliphatic carbocycles. The molecule has 1 aromatic carbocycles. The molecule has 1 aliphatic rings. The first-order valence-electron chi connectivity index (χ1n) is 7.74. The molecule has 1 atom stereocenters. The van der Waals surface area contributed by atoms with Crippen molar-refractivity contribution in [2.75, 3.05) is 13.1 Å². The van der Waals surface area contributed by atoms with E-state index in [0.717, 1.165) is 31.6 Å². The first-order chi connectivity index (χ1) is 10.8. The Bertz CT molecular complexity index is 600. The average molecular weight is 295 g/mol. The second-order valence-corrected chi connectivity index (χ2v) is 5.79. The van der Waals surface area contributed by atoms with Gasteiger partial charge in [-0.15, -0.1) is 0 Å². The van der Waals surface area contributed by atoms with Gasteiger partial charge >= 0.3 is 0 Å². The summed E-state index contributed by atoms with van der Waals surface area (Å²) < 4.78 is 0. The molecule has 1 amide bonds. The second kappa shape index (κ2) is 7.18. The molecule has 2 heterocycles. The average Bonchev–Trinajstić information content (AvgIpc) is 3.03. The molecule has 0 bridgehead atoms. The van der Waals surface area contributed by atoms with E-state index < -0.39 is 0 Å². The molecule has 2 aromatic rings. The van der Waals surface area contributed by atoms with Crippen LogP contribution in [0.4, 0.5) is 0 Å². The predicted molar refractivity (Wildman–Crippen MR) is 85.9 cm³/mol. The Morgan fingerprint density at radius 2 is 2.00 bits per heavy atom. The number of benzene rings is 1. The number of rotatable bonds is 5. The van der Waals surface area contributed by atoms with E-state index in [1.807, 2.05) is 18.2 Å².